The molecule has 1 saturated heterocycles. The second kappa shape index (κ2) is 15.7. The molecule has 51 heavy (non-hydrogen) atoms. The topological polar surface area (TPSA) is 125 Å². The molecule has 4 heterocycles. The Balaban J connectivity index is 1.21. The number of aliphatic hydroxyl groups is 1. The van der Waals surface area contributed by atoms with Gasteiger partial charge in [0.25, 0.3) is 5.91 Å². The third kappa shape index (κ3) is 7.75. The number of hydrogen-bond donors (Lipinski definition) is 3. The number of aromatic nitrogens is 3. The number of amides is 2. The van der Waals surface area contributed by atoms with Crippen LogP contribution in [0.1, 0.15) is 54.3 Å². The Bertz CT molecular complexity index is 1940. The van der Waals surface area contributed by atoms with Crippen LogP contribution in [0.5, 0.6) is 5.75 Å². The number of likely N-dealkylation sites (tertiary alicyclic amines) is 1. The van der Waals surface area contributed by atoms with Crippen LogP contribution in [0.3, 0.4) is 0 Å². The molecule has 0 spiro atoms. The van der Waals surface area contributed by atoms with Gasteiger partial charge in [-0.1, -0.05) is 35.3 Å². The van der Waals surface area contributed by atoms with E-state index in [0.29, 0.717) is 64.3 Å². The molecule has 1 fully saturated rings. The van der Waals surface area contributed by atoms with Gasteiger partial charge in [-0.15, -0.1) is 0 Å². The SMILES string of the molecule is COc1cc(-c2nccc(-c3cccc(NC(=O)c4nc5c(n4C)CCN(C4CCN(C(C)=O)CC4)C5)c3Cl)c2Cl)cc(F)c1CNC[C@H](C)O. The third-order valence-electron chi connectivity index (χ3n) is 9.73. The molecule has 11 nitrogen and oxygen atoms in total. The van der Waals surface area contributed by atoms with Crippen LogP contribution in [0.4, 0.5) is 10.1 Å². The van der Waals surface area contributed by atoms with Crippen molar-refractivity contribution in [3.63, 3.8) is 0 Å². The van der Waals surface area contributed by atoms with Crippen LogP contribution in [0, 0.1) is 5.82 Å². The number of pyridine rings is 1. The van der Waals surface area contributed by atoms with Crippen molar-refractivity contribution in [3.05, 3.63) is 81.2 Å². The van der Waals surface area contributed by atoms with Gasteiger partial charge in [-0.25, -0.2) is 9.37 Å². The van der Waals surface area contributed by atoms with Gasteiger partial charge in [0.1, 0.15) is 11.6 Å². The smallest absolute Gasteiger partial charge is 0.291 e. The lowest BCUT2D eigenvalue weighted by Crippen LogP contribution is -2.47. The predicted molar refractivity (Wildman–Crippen MR) is 196 cm³/mol. The number of hydrogen-bond acceptors (Lipinski definition) is 8. The Morgan fingerprint density at radius 3 is 2.57 bits per heavy atom. The molecule has 14 heteroatoms. The molecule has 4 aromatic rings. The number of halogens is 3. The van der Waals surface area contributed by atoms with Gasteiger partial charge in [0.05, 0.1) is 40.3 Å². The van der Waals surface area contributed by atoms with E-state index in [-0.39, 0.29) is 28.4 Å². The van der Waals surface area contributed by atoms with Gasteiger partial charge >= 0.3 is 0 Å². The average Bonchev–Trinajstić information content (AvgIpc) is 3.45. The molecule has 0 unspecified atom stereocenters. The fourth-order valence-corrected chi connectivity index (χ4v) is 7.58. The van der Waals surface area contributed by atoms with Crippen LogP contribution >= 0.6 is 23.2 Å². The largest absolute Gasteiger partial charge is 0.496 e. The number of rotatable bonds is 10. The molecule has 2 aliphatic rings. The lowest BCUT2D eigenvalue weighted by atomic mass is 10.00. The lowest BCUT2D eigenvalue weighted by molar-refractivity contribution is -0.130. The van der Waals surface area contributed by atoms with Gasteiger partial charge in [-0.3, -0.25) is 19.5 Å². The Kier molecular flexibility index (Phi) is 11.3. The van der Waals surface area contributed by atoms with E-state index in [1.807, 2.05) is 16.5 Å². The molecule has 2 aromatic carbocycles. The summed E-state index contributed by atoms with van der Waals surface area (Å²) in [6.45, 7) is 6.76. The molecule has 0 radical (unpaired) electrons. The van der Waals surface area contributed by atoms with E-state index < -0.39 is 11.9 Å². The molecular weight excluding hydrogens is 696 g/mol. The summed E-state index contributed by atoms with van der Waals surface area (Å²) >= 11 is 13.9. The highest BCUT2D eigenvalue weighted by atomic mass is 35.5. The number of piperidine rings is 1. The van der Waals surface area contributed by atoms with Crippen molar-refractivity contribution in [2.75, 3.05) is 38.6 Å². The number of fused-ring (bicyclic) bond motifs is 1. The number of carbonyl (C=O) groups excluding carboxylic acids is 2. The molecule has 270 valence electrons. The summed E-state index contributed by atoms with van der Waals surface area (Å²) in [4.78, 5) is 39.0. The Labute approximate surface area is 306 Å². The molecule has 2 aromatic heterocycles. The number of imidazole rings is 1. The maximum absolute atomic E-state index is 15.4. The monoisotopic (exact) mass is 737 g/mol. The van der Waals surface area contributed by atoms with Gasteiger partial charge < -0.3 is 29.9 Å². The minimum absolute atomic E-state index is 0.118. The highest BCUT2D eigenvalue weighted by Crippen LogP contribution is 2.41. The van der Waals surface area contributed by atoms with Gasteiger partial charge in [0, 0.05) is 99.8 Å². The molecule has 2 aliphatic heterocycles. The Morgan fingerprint density at radius 2 is 1.86 bits per heavy atom. The second-order valence-corrected chi connectivity index (χ2v) is 13.9. The third-order valence-corrected chi connectivity index (χ3v) is 10.5. The van der Waals surface area contributed by atoms with E-state index in [1.54, 1.807) is 50.4 Å². The van der Waals surface area contributed by atoms with Crippen molar-refractivity contribution in [2.24, 2.45) is 7.05 Å². The van der Waals surface area contributed by atoms with Crippen molar-refractivity contribution in [2.45, 2.75) is 58.3 Å². The first-order chi connectivity index (χ1) is 24.5. The van der Waals surface area contributed by atoms with E-state index in [4.69, 9.17) is 32.9 Å². The van der Waals surface area contributed by atoms with Crippen LogP contribution in [0.2, 0.25) is 10.0 Å². The number of ether oxygens (including phenoxy) is 1. The zero-order valence-corrected chi connectivity index (χ0v) is 30.6. The summed E-state index contributed by atoms with van der Waals surface area (Å²) in [6, 6.07) is 10.4. The zero-order chi connectivity index (χ0) is 36.4. The second-order valence-electron chi connectivity index (χ2n) is 13.1. The van der Waals surface area contributed by atoms with Crippen molar-refractivity contribution in [3.8, 4) is 28.1 Å². The van der Waals surface area contributed by atoms with Crippen molar-refractivity contribution >= 4 is 40.7 Å². The summed E-state index contributed by atoms with van der Waals surface area (Å²) in [5.41, 5.74) is 4.47. The van der Waals surface area contributed by atoms with Gasteiger partial charge in [0.2, 0.25) is 5.91 Å². The number of benzene rings is 2. The van der Waals surface area contributed by atoms with Crippen LogP contribution in [-0.2, 0) is 31.4 Å². The summed E-state index contributed by atoms with van der Waals surface area (Å²) in [7, 11) is 3.31. The van der Waals surface area contributed by atoms with Crippen LogP contribution in [-0.4, -0.2) is 86.7 Å². The normalized spacial score (nSPS) is 15.8. The zero-order valence-electron chi connectivity index (χ0n) is 29.1. The lowest BCUT2D eigenvalue weighted by Gasteiger charge is -2.39. The van der Waals surface area contributed by atoms with E-state index in [1.165, 1.54) is 13.2 Å². The Morgan fingerprint density at radius 1 is 1.12 bits per heavy atom. The summed E-state index contributed by atoms with van der Waals surface area (Å²) in [5, 5.41) is 16.0. The summed E-state index contributed by atoms with van der Waals surface area (Å²) in [5.74, 6) is -0.175. The van der Waals surface area contributed by atoms with Crippen LogP contribution in [0.25, 0.3) is 22.4 Å². The highest BCUT2D eigenvalue weighted by molar-refractivity contribution is 6.39. The van der Waals surface area contributed by atoms with Gasteiger partial charge in [-0.05, 0) is 44.0 Å². The fraction of sp³-hybridized carbons (Fsp3) is 0.405. The summed E-state index contributed by atoms with van der Waals surface area (Å²) in [6.07, 6.45) is 3.61. The molecule has 6 rings (SSSR count). The van der Waals surface area contributed by atoms with E-state index in [9.17, 15) is 14.7 Å². The predicted octanol–water partition coefficient (Wildman–Crippen LogP) is 5.70. The standard InChI is InChI=1S/C37H42Cl2FN7O4/c1-21(48)18-41-19-27-28(40)16-23(17-32(27)51-4)35-34(39)26(8-12-42-35)25-6-5-7-29(33(25)38)44-37(50)36-43-30-20-47(15-11-31(30)45(36)3)24-9-13-46(14-10-24)22(2)49/h5-8,12,16-17,21,24,41,48H,9-11,13-15,18-20H2,1-4H3,(H,44,50)/t21-/m0/s1. The number of carbonyl (C=O) groups is 2. The molecule has 3 N–H and O–H groups in total. The van der Waals surface area contributed by atoms with Crippen molar-refractivity contribution in [1.29, 1.82) is 0 Å². The minimum Gasteiger partial charge on any atom is -0.496 e. The first kappa shape index (κ1) is 36.7. The molecule has 1 atom stereocenters. The molecular formula is C37H42Cl2FN7O4. The summed E-state index contributed by atoms with van der Waals surface area (Å²) < 4.78 is 22.7. The first-order valence-corrected chi connectivity index (χ1v) is 17.8. The molecule has 0 saturated carbocycles. The minimum atomic E-state index is -0.579. The maximum Gasteiger partial charge on any atom is 0.291 e. The maximum atomic E-state index is 15.4. The van der Waals surface area contributed by atoms with E-state index >= 15 is 4.39 Å². The van der Waals surface area contributed by atoms with Gasteiger partial charge in [0.15, 0.2) is 5.82 Å². The Hall–Kier alpha value is -4.07. The van der Waals surface area contributed by atoms with Gasteiger partial charge in [-0.2, -0.15) is 0 Å². The van der Waals surface area contributed by atoms with Crippen molar-refractivity contribution in [1.82, 2.24) is 29.7 Å². The molecule has 0 aliphatic carbocycles. The molecule has 0 bridgehead atoms. The fourth-order valence-electron chi connectivity index (χ4n) is 6.98. The van der Waals surface area contributed by atoms with E-state index in [2.05, 4.69) is 20.5 Å². The first-order valence-electron chi connectivity index (χ1n) is 17.0. The number of aliphatic hydroxyl groups excluding tert-OH is 1. The quantitative estimate of drug-likeness (QED) is 0.190. The number of nitrogens with one attached hydrogen (secondary N) is 2. The number of anilines is 1. The van der Waals surface area contributed by atoms with Crippen LogP contribution in [0.15, 0.2) is 42.6 Å². The van der Waals surface area contributed by atoms with Crippen molar-refractivity contribution < 1.29 is 23.8 Å². The van der Waals surface area contributed by atoms with Crippen LogP contribution < -0.4 is 15.4 Å². The molecule has 2 amide bonds. The highest BCUT2D eigenvalue weighted by Gasteiger charge is 2.31. The average molecular weight is 739 g/mol. The number of methoxy groups -OCH3 is 1. The number of nitrogens with zero attached hydrogens (tertiary/aromatic N) is 5. The van der Waals surface area contributed by atoms with E-state index in [0.717, 1.165) is 50.3 Å².